The van der Waals surface area contributed by atoms with Crippen LogP contribution >= 0.6 is 0 Å². The first kappa shape index (κ1) is 13.1. The highest BCUT2D eigenvalue weighted by atomic mass is 16.5. The van der Waals surface area contributed by atoms with Crippen LogP contribution in [0.1, 0.15) is 50.0 Å². The number of methoxy groups -OCH3 is 1. The van der Waals surface area contributed by atoms with Gasteiger partial charge in [-0.1, -0.05) is 26.7 Å². The number of nitrogens with zero attached hydrogens (tertiary/aromatic N) is 2. The molecular formula is C14H22N2O2. The number of aromatic nitrogens is 2. The van der Waals surface area contributed by atoms with Gasteiger partial charge in [-0.25, -0.2) is 0 Å². The summed E-state index contributed by atoms with van der Waals surface area (Å²) in [5.74, 6) is 0.843. The zero-order chi connectivity index (χ0) is 13.3. The monoisotopic (exact) mass is 250 g/mol. The molecule has 1 aliphatic rings. The van der Waals surface area contributed by atoms with E-state index < -0.39 is 0 Å². The Balaban J connectivity index is 2.33. The predicted molar refractivity (Wildman–Crippen MR) is 69.8 cm³/mol. The Bertz CT molecular complexity index is 449. The summed E-state index contributed by atoms with van der Waals surface area (Å²) < 4.78 is 6.87. The van der Waals surface area contributed by atoms with E-state index in [1.54, 1.807) is 25.0 Å². The lowest BCUT2D eigenvalue weighted by atomic mass is 9.66. The van der Waals surface area contributed by atoms with Gasteiger partial charge in [0.1, 0.15) is 5.69 Å². The molecule has 0 bridgehead atoms. The number of carbonyl (C=O) groups is 1. The molecule has 0 spiro atoms. The quantitative estimate of drug-likeness (QED) is 0.775. The molecule has 1 saturated carbocycles. The first-order chi connectivity index (χ1) is 8.47. The molecule has 0 aromatic carbocycles. The summed E-state index contributed by atoms with van der Waals surface area (Å²) in [6.45, 7) is 4.38. The molecule has 1 aromatic rings. The molecule has 0 aliphatic heterocycles. The molecule has 1 atom stereocenters. The van der Waals surface area contributed by atoms with E-state index >= 15 is 0 Å². The molecule has 100 valence electrons. The number of hydrogen-bond donors (Lipinski definition) is 0. The van der Waals surface area contributed by atoms with Gasteiger partial charge in [-0.3, -0.25) is 9.48 Å². The second-order valence-corrected chi connectivity index (χ2v) is 5.84. The van der Waals surface area contributed by atoms with E-state index in [2.05, 4.69) is 18.9 Å². The Labute approximate surface area is 108 Å². The van der Waals surface area contributed by atoms with E-state index in [1.165, 1.54) is 6.42 Å². The maximum atomic E-state index is 12.7. The number of rotatable bonds is 3. The van der Waals surface area contributed by atoms with Crippen LogP contribution in [0.25, 0.3) is 0 Å². The van der Waals surface area contributed by atoms with Crippen molar-refractivity contribution in [3.05, 3.63) is 11.9 Å². The summed E-state index contributed by atoms with van der Waals surface area (Å²) in [5, 5.41) is 4.12. The molecule has 0 saturated heterocycles. The van der Waals surface area contributed by atoms with Crippen molar-refractivity contribution in [3.8, 4) is 5.75 Å². The molecule has 1 aromatic heterocycles. The standard InChI is InChI=1S/C14H22N2O2/c1-14(2)8-6-5-7-10(14)13(17)12-11(18-4)9-15-16(12)3/h9-10H,5-8H2,1-4H3. The predicted octanol–water partition coefficient (Wildman–Crippen LogP) is 2.83. The van der Waals surface area contributed by atoms with E-state index in [9.17, 15) is 4.79 Å². The fraction of sp³-hybridized carbons (Fsp3) is 0.714. The van der Waals surface area contributed by atoms with Crippen molar-refractivity contribution >= 4 is 5.78 Å². The van der Waals surface area contributed by atoms with Crippen LogP contribution in [-0.2, 0) is 7.05 Å². The number of carbonyl (C=O) groups excluding carboxylic acids is 1. The van der Waals surface area contributed by atoms with Crippen LogP contribution in [-0.4, -0.2) is 22.7 Å². The molecule has 1 aliphatic carbocycles. The molecule has 1 heterocycles. The summed E-state index contributed by atoms with van der Waals surface area (Å²) in [4.78, 5) is 12.7. The molecule has 1 fully saturated rings. The number of hydrogen-bond acceptors (Lipinski definition) is 3. The number of ether oxygens (including phenoxy) is 1. The van der Waals surface area contributed by atoms with Crippen molar-refractivity contribution in [3.63, 3.8) is 0 Å². The maximum Gasteiger partial charge on any atom is 0.188 e. The average Bonchev–Trinajstić information content (AvgIpc) is 2.69. The second-order valence-electron chi connectivity index (χ2n) is 5.84. The third-order valence-corrected chi connectivity index (χ3v) is 4.18. The van der Waals surface area contributed by atoms with Crippen LogP contribution in [0, 0.1) is 11.3 Å². The first-order valence-electron chi connectivity index (χ1n) is 6.57. The largest absolute Gasteiger partial charge is 0.493 e. The Hall–Kier alpha value is -1.32. The van der Waals surface area contributed by atoms with Gasteiger partial charge in [-0.05, 0) is 18.3 Å². The Morgan fingerprint density at radius 2 is 2.22 bits per heavy atom. The average molecular weight is 250 g/mol. The van der Waals surface area contributed by atoms with Gasteiger partial charge in [0.15, 0.2) is 11.5 Å². The van der Waals surface area contributed by atoms with E-state index in [-0.39, 0.29) is 17.1 Å². The second kappa shape index (κ2) is 4.75. The van der Waals surface area contributed by atoms with Crippen molar-refractivity contribution in [1.82, 2.24) is 9.78 Å². The van der Waals surface area contributed by atoms with Gasteiger partial charge in [0, 0.05) is 13.0 Å². The molecule has 0 N–H and O–H groups in total. The Kier molecular flexibility index (Phi) is 3.46. The normalized spacial score (nSPS) is 22.8. The minimum Gasteiger partial charge on any atom is -0.493 e. The van der Waals surface area contributed by atoms with Crippen LogP contribution in [0.3, 0.4) is 0 Å². The molecule has 1 unspecified atom stereocenters. The summed E-state index contributed by atoms with van der Waals surface area (Å²) in [7, 11) is 3.38. The summed E-state index contributed by atoms with van der Waals surface area (Å²) in [6.07, 6.45) is 6.06. The molecule has 0 radical (unpaired) electrons. The van der Waals surface area contributed by atoms with Gasteiger partial charge < -0.3 is 4.74 Å². The van der Waals surface area contributed by atoms with Crippen molar-refractivity contribution < 1.29 is 9.53 Å². The van der Waals surface area contributed by atoms with E-state index in [4.69, 9.17) is 4.74 Å². The zero-order valence-electron chi connectivity index (χ0n) is 11.7. The number of ketones is 1. The summed E-state index contributed by atoms with van der Waals surface area (Å²) in [6, 6.07) is 0. The molecular weight excluding hydrogens is 228 g/mol. The van der Waals surface area contributed by atoms with Crippen molar-refractivity contribution in [2.24, 2.45) is 18.4 Å². The fourth-order valence-electron chi connectivity index (χ4n) is 2.99. The van der Waals surface area contributed by atoms with Gasteiger partial charge in [0.25, 0.3) is 0 Å². The topological polar surface area (TPSA) is 44.1 Å². The smallest absolute Gasteiger partial charge is 0.188 e. The van der Waals surface area contributed by atoms with Gasteiger partial charge in [0.05, 0.1) is 13.3 Å². The van der Waals surface area contributed by atoms with Crippen LogP contribution in [0.2, 0.25) is 0 Å². The Morgan fingerprint density at radius 1 is 1.50 bits per heavy atom. The van der Waals surface area contributed by atoms with Crippen molar-refractivity contribution in [2.75, 3.05) is 7.11 Å². The lowest BCUT2D eigenvalue weighted by molar-refractivity contribution is 0.0684. The fourth-order valence-corrected chi connectivity index (χ4v) is 2.99. The van der Waals surface area contributed by atoms with Crippen LogP contribution < -0.4 is 4.74 Å². The van der Waals surface area contributed by atoms with E-state index in [1.807, 2.05) is 0 Å². The van der Waals surface area contributed by atoms with Gasteiger partial charge in [-0.15, -0.1) is 0 Å². The molecule has 2 rings (SSSR count). The third kappa shape index (κ3) is 2.16. The summed E-state index contributed by atoms with van der Waals surface area (Å²) >= 11 is 0. The van der Waals surface area contributed by atoms with Crippen LogP contribution in [0.5, 0.6) is 5.75 Å². The van der Waals surface area contributed by atoms with Gasteiger partial charge in [-0.2, -0.15) is 5.10 Å². The van der Waals surface area contributed by atoms with Crippen molar-refractivity contribution in [2.45, 2.75) is 39.5 Å². The van der Waals surface area contributed by atoms with E-state index in [0.717, 1.165) is 19.3 Å². The minimum absolute atomic E-state index is 0.0740. The summed E-state index contributed by atoms with van der Waals surface area (Å²) in [5.41, 5.74) is 0.683. The molecule has 0 amide bonds. The van der Waals surface area contributed by atoms with E-state index in [0.29, 0.717) is 11.4 Å². The SMILES string of the molecule is COc1cnn(C)c1C(=O)C1CCCCC1(C)C. The van der Waals surface area contributed by atoms with Crippen LogP contribution in [0.15, 0.2) is 6.20 Å². The maximum absolute atomic E-state index is 12.7. The highest BCUT2D eigenvalue weighted by Crippen LogP contribution is 2.42. The Morgan fingerprint density at radius 3 is 2.83 bits per heavy atom. The number of aryl methyl sites for hydroxylation is 1. The highest BCUT2D eigenvalue weighted by molar-refractivity contribution is 5.99. The third-order valence-electron chi connectivity index (χ3n) is 4.18. The zero-order valence-corrected chi connectivity index (χ0v) is 11.7. The van der Waals surface area contributed by atoms with Gasteiger partial charge >= 0.3 is 0 Å². The highest BCUT2D eigenvalue weighted by Gasteiger charge is 2.39. The molecule has 4 heteroatoms. The van der Waals surface area contributed by atoms with Crippen molar-refractivity contribution in [1.29, 1.82) is 0 Å². The lowest BCUT2D eigenvalue weighted by Crippen LogP contribution is -2.35. The van der Waals surface area contributed by atoms with Crippen LogP contribution in [0.4, 0.5) is 0 Å². The van der Waals surface area contributed by atoms with Gasteiger partial charge in [0.2, 0.25) is 0 Å². The number of Topliss-reactive ketones (excluding diaryl/α,β-unsaturated/α-hetero) is 1. The minimum atomic E-state index is 0.0740. The first-order valence-corrected chi connectivity index (χ1v) is 6.57. The molecule has 18 heavy (non-hydrogen) atoms. The molecule has 4 nitrogen and oxygen atoms in total. The lowest BCUT2D eigenvalue weighted by Gasteiger charge is -2.37.